The number of nitrogens with two attached hydrogens (primary N) is 1. The molecule has 0 aromatic carbocycles. The minimum atomic E-state index is 0.168. The zero-order valence-electron chi connectivity index (χ0n) is 10.2. The second-order valence-corrected chi connectivity index (χ2v) is 5.49. The SMILES string of the molecule is CC(N)CCNC(=O)C1CCCC1(C)C. The van der Waals surface area contributed by atoms with Gasteiger partial charge in [0.05, 0.1) is 0 Å². The summed E-state index contributed by atoms with van der Waals surface area (Å²) in [4.78, 5) is 11.9. The Morgan fingerprint density at radius 1 is 1.60 bits per heavy atom. The fraction of sp³-hybridized carbons (Fsp3) is 0.917. The van der Waals surface area contributed by atoms with E-state index in [-0.39, 0.29) is 23.3 Å². The van der Waals surface area contributed by atoms with Gasteiger partial charge in [0.2, 0.25) is 5.91 Å². The largest absolute Gasteiger partial charge is 0.356 e. The molecule has 2 atom stereocenters. The van der Waals surface area contributed by atoms with E-state index >= 15 is 0 Å². The van der Waals surface area contributed by atoms with Gasteiger partial charge in [-0.3, -0.25) is 4.79 Å². The average molecular weight is 212 g/mol. The second kappa shape index (κ2) is 4.97. The van der Waals surface area contributed by atoms with Crippen molar-refractivity contribution >= 4 is 5.91 Å². The molecular formula is C12H24N2O. The van der Waals surface area contributed by atoms with Gasteiger partial charge in [0.25, 0.3) is 0 Å². The van der Waals surface area contributed by atoms with Crippen LogP contribution < -0.4 is 11.1 Å². The highest BCUT2D eigenvalue weighted by atomic mass is 16.1. The van der Waals surface area contributed by atoms with Gasteiger partial charge in [0.1, 0.15) is 0 Å². The Balaban J connectivity index is 2.34. The summed E-state index contributed by atoms with van der Waals surface area (Å²) in [7, 11) is 0. The van der Waals surface area contributed by atoms with Crippen LogP contribution in [0.3, 0.4) is 0 Å². The van der Waals surface area contributed by atoms with Crippen molar-refractivity contribution in [3.8, 4) is 0 Å². The number of carbonyl (C=O) groups excluding carboxylic acids is 1. The standard InChI is InChI=1S/C12H24N2O/c1-9(13)6-8-14-11(15)10-5-4-7-12(10,2)3/h9-10H,4-8,13H2,1-3H3,(H,14,15). The third kappa shape index (κ3) is 3.49. The molecule has 0 radical (unpaired) electrons. The molecule has 88 valence electrons. The lowest BCUT2D eigenvalue weighted by Crippen LogP contribution is -2.37. The van der Waals surface area contributed by atoms with E-state index < -0.39 is 0 Å². The van der Waals surface area contributed by atoms with Gasteiger partial charge in [0.15, 0.2) is 0 Å². The van der Waals surface area contributed by atoms with Crippen LogP contribution in [0.25, 0.3) is 0 Å². The Labute approximate surface area is 92.8 Å². The number of hydrogen-bond acceptors (Lipinski definition) is 2. The molecule has 0 heterocycles. The molecule has 0 aromatic rings. The van der Waals surface area contributed by atoms with Gasteiger partial charge in [-0.25, -0.2) is 0 Å². The summed E-state index contributed by atoms with van der Waals surface area (Å²) in [5, 5.41) is 2.99. The first-order valence-electron chi connectivity index (χ1n) is 5.97. The monoisotopic (exact) mass is 212 g/mol. The van der Waals surface area contributed by atoms with E-state index in [1.165, 1.54) is 12.8 Å². The smallest absolute Gasteiger partial charge is 0.223 e. The molecule has 2 unspecified atom stereocenters. The van der Waals surface area contributed by atoms with Crippen LogP contribution in [0, 0.1) is 11.3 Å². The molecule has 0 bridgehead atoms. The van der Waals surface area contributed by atoms with E-state index in [4.69, 9.17) is 5.73 Å². The van der Waals surface area contributed by atoms with Gasteiger partial charge >= 0.3 is 0 Å². The van der Waals surface area contributed by atoms with Crippen LogP contribution in [0.1, 0.15) is 46.5 Å². The lowest BCUT2D eigenvalue weighted by molar-refractivity contribution is -0.127. The zero-order chi connectivity index (χ0) is 11.5. The summed E-state index contributed by atoms with van der Waals surface area (Å²) >= 11 is 0. The number of amides is 1. The summed E-state index contributed by atoms with van der Waals surface area (Å²) in [6, 6.07) is 0.168. The van der Waals surface area contributed by atoms with Crippen LogP contribution in [0.15, 0.2) is 0 Å². The second-order valence-electron chi connectivity index (χ2n) is 5.49. The van der Waals surface area contributed by atoms with Crippen LogP contribution in [0.5, 0.6) is 0 Å². The Hall–Kier alpha value is -0.570. The molecule has 1 saturated carbocycles. The number of carbonyl (C=O) groups is 1. The maximum atomic E-state index is 11.9. The minimum Gasteiger partial charge on any atom is -0.356 e. The van der Waals surface area contributed by atoms with Crippen molar-refractivity contribution in [1.29, 1.82) is 0 Å². The van der Waals surface area contributed by atoms with E-state index in [1.807, 2.05) is 6.92 Å². The summed E-state index contributed by atoms with van der Waals surface area (Å²) < 4.78 is 0. The normalized spacial score (nSPS) is 26.3. The highest BCUT2D eigenvalue weighted by Crippen LogP contribution is 2.42. The van der Waals surface area contributed by atoms with E-state index in [0.717, 1.165) is 12.8 Å². The predicted molar refractivity (Wildman–Crippen MR) is 62.4 cm³/mol. The molecule has 0 saturated heterocycles. The Morgan fingerprint density at radius 3 is 2.73 bits per heavy atom. The maximum absolute atomic E-state index is 11.9. The van der Waals surface area contributed by atoms with E-state index in [2.05, 4.69) is 19.2 Å². The number of rotatable bonds is 4. The molecule has 1 rings (SSSR count). The first-order valence-corrected chi connectivity index (χ1v) is 5.97. The molecular weight excluding hydrogens is 188 g/mol. The molecule has 3 nitrogen and oxygen atoms in total. The maximum Gasteiger partial charge on any atom is 0.223 e. The summed E-state index contributed by atoms with van der Waals surface area (Å²) in [6.45, 7) is 7.06. The highest BCUT2D eigenvalue weighted by Gasteiger charge is 2.38. The summed E-state index contributed by atoms with van der Waals surface area (Å²) in [6.07, 6.45) is 4.24. The molecule has 0 spiro atoms. The molecule has 1 amide bonds. The van der Waals surface area contributed by atoms with Crippen molar-refractivity contribution < 1.29 is 4.79 Å². The third-order valence-electron chi connectivity index (χ3n) is 3.47. The van der Waals surface area contributed by atoms with E-state index in [0.29, 0.717) is 6.54 Å². The fourth-order valence-corrected chi connectivity index (χ4v) is 2.36. The van der Waals surface area contributed by atoms with Gasteiger partial charge in [-0.1, -0.05) is 20.3 Å². The Kier molecular flexibility index (Phi) is 4.14. The van der Waals surface area contributed by atoms with Gasteiger partial charge in [-0.15, -0.1) is 0 Å². The number of nitrogens with one attached hydrogen (secondary N) is 1. The summed E-state index contributed by atoms with van der Waals surface area (Å²) in [5.41, 5.74) is 5.81. The number of hydrogen-bond donors (Lipinski definition) is 2. The topological polar surface area (TPSA) is 55.1 Å². The zero-order valence-corrected chi connectivity index (χ0v) is 10.2. The van der Waals surface area contributed by atoms with Crippen molar-refractivity contribution in [2.45, 2.75) is 52.5 Å². The van der Waals surface area contributed by atoms with Gasteiger partial charge < -0.3 is 11.1 Å². The molecule has 1 aliphatic carbocycles. The van der Waals surface area contributed by atoms with Crippen LogP contribution in [-0.2, 0) is 4.79 Å². The average Bonchev–Trinajstić information content (AvgIpc) is 2.44. The van der Waals surface area contributed by atoms with Crippen LogP contribution in [0.4, 0.5) is 0 Å². The molecule has 3 heteroatoms. The minimum absolute atomic E-state index is 0.168. The molecule has 15 heavy (non-hydrogen) atoms. The highest BCUT2D eigenvalue weighted by molar-refractivity contribution is 5.79. The molecule has 1 fully saturated rings. The van der Waals surface area contributed by atoms with Crippen LogP contribution in [0.2, 0.25) is 0 Å². The quantitative estimate of drug-likeness (QED) is 0.744. The first-order chi connectivity index (χ1) is 6.93. The predicted octanol–water partition coefficient (Wildman–Crippen LogP) is 1.67. The van der Waals surface area contributed by atoms with Crippen molar-refractivity contribution in [2.24, 2.45) is 17.1 Å². The third-order valence-corrected chi connectivity index (χ3v) is 3.47. The Morgan fingerprint density at radius 2 is 2.27 bits per heavy atom. The fourth-order valence-electron chi connectivity index (χ4n) is 2.36. The van der Waals surface area contributed by atoms with Crippen molar-refractivity contribution in [3.05, 3.63) is 0 Å². The van der Waals surface area contributed by atoms with Gasteiger partial charge in [-0.05, 0) is 31.6 Å². The van der Waals surface area contributed by atoms with E-state index in [1.54, 1.807) is 0 Å². The Bertz CT molecular complexity index is 224. The molecule has 3 N–H and O–H groups in total. The van der Waals surface area contributed by atoms with Crippen molar-refractivity contribution in [3.63, 3.8) is 0 Å². The first kappa shape index (κ1) is 12.5. The summed E-state index contributed by atoms with van der Waals surface area (Å²) in [5.74, 6) is 0.420. The van der Waals surface area contributed by atoms with Crippen LogP contribution >= 0.6 is 0 Å². The van der Waals surface area contributed by atoms with Crippen LogP contribution in [-0.4, -0.2) is 18.5 Å². The molecule has 0 aromatic heterocycles. The van der Waals surface area contributed by atoms with E-state index in [9.17, 15) is 4.79 Å². The van der Waals surface area contributed by atoms with Crippen molar-refractivity contribution in [1.82, 2.24) is 5.32 Å². The molecule has 0 aliphatic heterocycles. The van der Waals surface area contributed by atoms with Gasteiger partial charge in [-0.2, -0.15) is 0 Å². The lowest BCUT2D eigenvalue weighted by atomic mass is 9.81. The van der Waals surface area contributed by atoms with Crippen molar-refractivity contribution in [2.75, 3.05) is 6.54 Å². The lowest BCUT2D eigenvalue weighted by Gasteiger charge is -2.26. The molecule has 1 aliphatic rings. The van der Waals surface area contributed by atoms with Gasteiger partial charge in [0, 0.05) is 18.5 Å².